The van der Waals surface area contributed by atoms with Crippen LogP contribution in [0.25, 0.3) is 0 Å². The molecule has 0 saturated heterocycles. The van der Waals surface area contributed by atoms with Crippen molar-refractivity contribution in [3.05, 3.63) is 36.4 Å². The second-order valence-electron chi connectivity index (χ2n) is 3.84. The van der Waals surface area contributed by atoms with Crippen LogP contribution in [0.15, 0.2) is 30.9 Å². The SMILES string of the molecule is C=CC(C)Cc1ccc(OCC)c(OC)c1. The van der Waals surface area contributed by atoms with Gasteiger partial charge in [0.15, 0.2) is 11.5 Å². The largest absolute Gasteiger partial charge is 0.493 e. The minimum absolute atomic E-state index is 0.475. The smallest absolute Gasteiger partial charge is 0.161 e. The second kappa shape index (κ2) is 6.21. The summed E-state index contributed by atoms with van der Waals surface area (Å²) >= 11 is 0. The summed E-state index contributed by atoms with van der Waals surface area (Å²) < 4.78 is 10.8. The Hall–Kier alpha value is -1.44. The third kappa shape index (κ3) is 3.30. The van der Waals surface area contributed by atoms with E-state index in [1.165, 1.54) is 5.56 Å². The fourth-order valence-corrected chi connectivity index (χ4v) is 1.57. The predicted molar refractivity (Wildman–Crippen MR) is 67.2 cm³/mol. The van der Waals surface area contributed by atoms with Crippen LogP contribution in [-0.2, 0) is 6.42 Å². The molecule has 1 atom stereocenters. The Morgan fingerprint density at radius 3 is 2.69 bits per heavy atom. The monoisotopic (exact) mass is 220 g/mol. The van der Waals surface area contributed by atoms with Gasteiger partial charge in [-0.3, -0.25) is 0 Å². The molecule has 0 fully saturated rings. The van der Waals surface area contributed by atoms with Gasteiger partial charge in [0, 0.05) is 0 Å². The summed E-state index contributed by atoms with van der Waals surface area (Å²) in [5.41, 5.74) is 1.24. The van der Waals surface area contributed by atoms with Gasteiger partial charge < -0.3 is 9.47 Å². The number of methoxy groups -OCH3 is 1. The van der Waals surface area contributed by atoms with Crippen LogP contribution in [0.4, 0.5) is 0 Å². The van der Waals surface area contributed by atoms with Crippen molar-refractivity contribution in [2.24, 2.45) is 5.92 Å². The first-order valence-corrected chi connectivity index (χ1v) is 5.63. The van der Waals surface area contributed by atoms with E-state index in [4.69, 9.17) is 9.47 Å². The summed E-state index contributed by atoms with van der Waals surface area (Å²) in [5.74, 6) is 2.08. The number of ether oxygens (including phenoxy) is 2. The highest BCUT2D eigenvalue weighted by molar-refractivity contribution is 5.43. The molecular weight excluding hydrogens is 200 g/mol. The lowest BCUT2D eigenvalue weighted by Crippen LogP contribution is -1.99. The Balaban J connectivity index is 2.85. The molecule has 88 valence electrons. The van der Waals surface area contributed by atoms with Crippen LogP contribution in [0, 0.1) is 5.92 Å². The van der Waals surface area contributed by atoms with Gasteiger partial charge in [-0.25, -0.2) is 0 Å². The molecule has 16 heavy (non-hydrogen) atoms. The molecule has 0 aliphatic carbocycles. The van der Waals surface area contributed by atoms with Crippen LogP contribution in [0.1, 0.15) is 19.4 Å². The summed E-state index contributed by atoms with van der Waals surface area (Å²) in [6.07, 6.45) is 2.94. The number of benzene rings is 1. The normalized spacial score (nSPS) is 11.9. The molecule has 1 unspecified atom stereocenters. The van der Waals surface area contributed by atoms with Crippen LogP contribution in [0.3, 0.4) is 0 Å². The number of hydrogen-bond acceptors (Lipinski definition) is 2. The average molecular weight is 220 g/mol. The minimum Gasteiger partial charge on any atom is -0.493 e. The third-order valence-corrected chi connectivity index (χ3v) is 2.49. The molecule has 0 aliphatic heterocycles. The van der Waals surface area contributed by atoms with Gasteiger partial charge in [0.25, 0.3) is 0 Å². The van der Waals surface area contributed by atoms with Gasteiger partial charge >= 0.3 is 0 Å². The molecule has 2 nitrogen and oxygen atoms in total. The molecule has 1 rings (SSSR count). The van der Waals surface area contributed by atoms with E-state index in [0.717, 1.165) is 17.9 Å². The lowest BCUT2D eigenvalue weighted by Gasteiger charge is -2.12. The average Bonchev–Trinajstić information content (AvgIpc) is 2.31. The highest BCUT2D eigenvalue weighted by Crippen LogP contribution is 2.28. The van der Waals surface area contributed by atoms with Gasteiger partial charge in [-0.05, 0) is 37.0 Å². The Bertz CT molecular complexity index is 345. The van der Waals surface area contributed by atoms with Gasteiger partial charge in [0.1, 0.15) is 0 Å². The quantitative estimate of drug-likeness (QED) is 0.683. The molecule has 1 aromatic rings. The van der Waals surface area contributed by atoms with Crippen molar-refractivity contribution in [3.8, 4) is 11.5 Å². The van der Waals surface area contributed by atoms with E-state index in [1.54, 1.807) is 7.11 Å². The van der Waals surface area contributed by atoms with Gasteiger partial charge in [0.05, 0.1) is 13.7 Å². The molecule has 0 bridgehead atoms. The molecule has 2 heteroatoms. The molecule has 0 aromatic heterocycles. The van der Waals surface area contributed by atoms with Crippen molar-refractivity contribution in [2.75, 3.05) is 13.7 Å². The van der Waals surface area contributed by atoms with Crippen LogP contribution in [-0.4, -0.2) is 13.7 Å². The highest BCUT2D eigenvalue weighted by atomic mass is 16.5. The van der Waals surface area contributed by atoms with Crippen molar-refractivity contribution < 1.29 is 9.47 Å². The van der Waals surface area contributed by atoms with E-state index in [1.807, 2.05) is 25.1 Å². The van der Waals surface area contributed by atoms with Crippen LogP contribution >= 0.6 is 0 Å². The Kier molecular flexibility index (Phi) is 4.90. The summed E-state index contributed by atoms with van der Waals surface area (Å²) in [4.78, 5) is 0. The van der Waals surface area contributed by atoms with Gasteiger partial charge in [-0.2, -0.15) is 0 Å². The zero-order valence-corrected chi connectivity index (χ0v) is 10.3. The number of rotatable bonds is 6. The molecule has 0 radical (unpaired) electrons. The van der Waals surface area contributed by atoms with Crippen molar-refractivity contribution in [3.63, 3.8) is 0 Å². The van der Waals surface area contributed by atoms with Crippen LogP contribution in [0.2, 0.25) is 0 Å². The van der Waals surface area contributed by atoms with Crippen molar-refractivity contribution in [2.45, 2.75) is 20.3 Å². The summed E-state index contributed by atoms with van der Waals surface area (Å²) in [5, 5.41) is 0. The van der Waals surface area contributed by atoms with Gasteiger partial charge in [-0.1, -0.05) is 19.1 Å². The zero-order valence-electron chi connectivity index (χ0n) is 10.3. The maximum atomic E-state index is 5.47. The van der Waals surface area contributed by atoms with Crippen molar-refractivity contribution >= 4 is 0 Å². The van der Waals surface area contributed by atoms with Crippen LogP contribution < -0.4 is 9.47 Å². The summed E-state index contributed by atoms with van der Waals surface area (Å²) in [6, 6.07) is 6.08. The zero-order chi connectivity index (χ0) is 12.0. The van der Waals surface area contributed by atoms with E-state index >= 15 is 0 Å². The maximum absolute atomic E-state index is 5.47. The first-order valence-electron chi connectivity index (χ1n) is 5.63. The standard InChI is InChI=1S/C14H20O2/c1-5-11(3)9-12-7-8-13(16-6-2)14(10-12)15-4/h5,7-8,10-11H,1,6,9H2,2-4H3. The molecule has 0 spiro atoms. The van der Waals surface area contributed by atoms with Crippen molar-refractivity contribution in [1.82, 2.24) is 0 Å². The fourth-order valence-electron chi connectivity index (χ4n) is 1.57. The second-order valence-corrected chi connectivity index (χ2v) is 3.84. The molecule has 1 aromatic carbocycles. The van der Waals surface area contributed by atoms with Gasteiger partial charge in [0.2, 0.25) is 0 Å². The van der Waals surface area contributed by atoms with E-state index < -0.39 is 0 Å². The van der Waals surface area contributed by atoms with E-state index in [-0.39, 0.29) is 0 Å². The fraction of sp³-hybridized carbons (Fsp3) is 0.429. The van der Waals surface area contributed by atoms with Gasteiger partial charge in [-0.15, -0.1) is 6.58 Å². The first kappa shape index (κ1) is 12.6. The Morgan fingerprint density at radius 2 is 2.12 bits per heavy atom. The molecule has 0 N–H and O–H groups in total. The summed E-state index contributed by atoms with van der Waals surface area (Å²) in [6.45, 7) is 8.56. The van der Waals surface area contributed by atoms with E-state index in [0.29, 0.717) is 12.5 Å². The van der Waals surface area contributed by atoms with Crippen molar-refractivity contribution in [1.29, 1.82) is 0 Å². The molecule has 0 amide bonds. The first-order chi connectivity index (χ1) is 7.71. The Morgan fingerprint density at radius 1 is 1.38 bits per heavy atom. The van der Waals surface area contributed by atoms with Crippen LogP contribution in [0.5, 0.6) is 11.5 Å². The third-order valence-electron chi connectivity index (χ3n) is 2.49. The molecule has 0 saturated carbocycles. The topological polar surface area (TPSA) is 18.5 Å². The predicted octanol–water partition coefficient (Wildman–Crippen LogP) is 3.46. The molecular formula is C14H20O2. The lowest BCUT2D eigenvalue weighted by atomic mass is 10.0. The number of hydrogen-bond donors (Lipinski definition) is 0. The number of allylic oxidation sites excluding steroid dienone is 1. The highest BCUT2D eigenvalue weighted by Gasteiger charge is 2.06. The maximum Gasteiger partial charge on any atom is 0.161 e. The molecule has 0 aliphatic rings. The lowest BCUT2D eigenvalue weighted by molar-refractivity contribution is 0.310. The Labute approximate surface area is 97.9 Å². The minimum atomic E-state index is 0.475. The van der Waals surface area contributed by atoms with E-state index in [2.05, 4.69) is 19.6 Å². The van der Waals surface area contributed by atoms with E-state index in [9.17, 15) is 0 Å². The summed E-state index contributed by atoms with van der Waals surface area (Å²) in [7, 11) is 1.67. The molecule has 0 heterocycles.